The van der Waals surface area contributed by atoms with E-state index in [4.69, 9.17) is 9.47 Å². The molecule has 0 N–H and O–H groups in total. The summed E-state index contributed by atoms with van der Waals surface area (Å²) in [6.07, 6.45) is 10.5. The molecule has 1 atom stereocenters. The number of carbonyl (C=O) groups excluding carboxylic acids is 2. The van der Waals surface area contributed by atoms with Gasteiger partial charge in [0, 0.05) is 10.8 Å². The summed E-state index contributed by atoms with van der Waals surface area (Å²) < 4.78 is 11.2. The number of hydrogen-bond donors (Lipinski definition) is 0. The van der Waals surface area contributed by atoms with Crippen LogP contribution in [0.4, 0.5) is 0 Å². The second kappa shape index (κ2) is 11.2. The molecule has 0 heterocycles. The Balaban J connectivity index is 2.48. The summed E-state index contributed by atoms with van der Waals surface area (Å²) in [6.45, 7) is 6.38. The minimum absolute atomic E-state index is 0.120. The molecule has 158 valence electrons. The zero-order valence-corrected chi connectivity index (χ0v) is 19.0. The van der Waals surface area contributed by atoms with Crippen molar-refractivity contribution < 1.29 is 19.1 Å². The minimum Gasteiger partial charge on any atom is -0.496 e. The topological polar surface area (TPSA) is 52.6 Å². The van der Waals surface area contributed by atoms with E-state index in [0.717, 1.165) is 24.2 Å². The number of methoxy groups -OCH3 is 2. The molecule has 1 unspecified atom stereocenters. The van der Waals surface area contributed by atoms with E-state index in [1.165, 1.54) is 44.1 Å². The number of fused-ring (bicyclic) bond motifs is 1. The maximum atomic E-state index is 12.7. The summed E-state index contributed by atoms with van der Waals surface area (Å²) >= 11 is 1.87. The summed E-state index contributed by atoms with van der Waals surface area (Å²) in [6, 6.07) is 1.88. The standard InChI is InChI=1S/C24H32O4S/c1-6-7-8-9-14-29-21(13-10-16(2)3)17-15-20(27-4)22-18(25)11-12-19(26)23(22)24(17)28-5/h10-12,15,21H,6-9,13-14H2,1-5H3. The van der Waals surface area contributed by atoms with Crippen molar-refractivity contribution in [2.45, 2.75) is 58.1 Å². The van der Waals surface area contributed by atoms with E-state index >= 15 is 0 Å². The fourth-order valence-electron chi connectivity index (χ4n) is 3.46. The number of thioether (sulfide) groups is 1. The van der Waals surface area contributed by atoms with Crippen LogP contribution in [0.2, 0.25) is 0 Å². The molecule has 4 nitrogen and oxygen atoms in total. The molecule has 2 rings (SSSR count). The Morgan fingerprint density at radius 1 is 1.03 bits per heavy atom. The molecule has 0 aliphatic heterocycles. The molecular formula is C24H32O4S. The van der Waals surface area contributed by atoms with E-state index in [9.17, 15) is 9.59 Å². The molecule has 1 aliphatic carbocycles. The molecule has 0 bridgehead atoms. The summed E-state index contributed by atoms with van der Waals surface area (Å²) in [5, 5.41) is 0.120. The lowest BCUT2D eigenvalue weighted by Gasteiger charge is -2.24. The van der Waals surface area contributed by atoms with Gasteiger partial charge in [-0.05, 0) is 50.7 Å². The van der Waals surface area contributed by atoms with Gasteiger partial charge in [-0.2, -0.15) is 11.8 Å². The van der Waals surface area contributed by atoms with Crippen LogP contribution in [-0.2, 0) is 0 Å². The van der Waals surface area contributed by atoms with Crippen molar-refractivity contribution in [2.24, 2.45) is 0 Å². The van der Waals surface area contributed by atoms with E-state index in [-0.39, 0.29) is 16.8 Å². The van der Waals surface area contributed by atoms with Gasteiger partial charge in [-0.3, -0.25) is 9.59 Å². The highest BCUT2D eigenvalue weighted by Gasteiger charge is 2.31. The second-order valence-corrected chi connectivity index (χ2v) is 8.76. The van der Waals surface area contributed by atoms with Crippen molar-refractivity contribution in [3.63, 3.8) is 0 Å². The van der Waals surface area contributed by atoms with Crippen LogP contribution < -0.4 is 9.47 Å². The SMILES string of the molecule is CCCCCCSC(CC=C(C)C)c1cc(OC)c2c(c1OC)C(=O)C=CC2=O. The van der Waals surface area contributed by atoms with Crippen molar-refractivity contribution in [1.82, 2.24) is 0 Å². The Morgan fingerprint density at radius 2 is 1.72 bits per heavy atom. The number of ether oxygens (including phenoxy) is 2. The van der Waals surface area contributed by atoms with E-state index in [1.807, 2.05) is 17.8 Å². The molecule has 1 aliphatic rings. The fraction of sp³-hybridized carbons (Fsp3) is 0.500. The Morgan fingerprint density at radius 3 is 2.31 bits per heavy atom. The minimum atomic E-state index is -0.227. The molecule has 5 heteroatoms. The first kappa shape index (κ1) is 23.3. The third kappa shape index (κ3) is 5.75. The maximum absolute atomic E-state index is 12.7. The molecule has 0 saturated heterocycles. The monoisotopic (exact) mass is 416 g/mol. The van der Waals surface area contributed by atoms with E-state index in [2.05, 4.69) is 26.8 Å². The molecule has 0 spiro atoms. The predicted molar refractivity (Wildman–Crippen MR) is 121 cm³/mol. The lowest BCUT2D eigenvalue weighted by Crippen LogP contribution is -2.16. The van der Waals surface area contributed by atoms with Gasteiger partial charge in [0.05, 0.1) is 25.3 Å². The van der Waals surface area contributed by atoms with Crippen molar-refractivity contribution in [3.05, 3.63) is 46.6 Å². The van der Waals surface area contributed by atoms with Gasteiger partial charge in [-0.25, -0.2) is 0 Å². The summed E-state index contributed by atoms with van der Waals surface area (Å²) in [5.74, 6) is 1.53. The molecule has 0 amide bonds. The normalized spacial score (nSPS) is 13.8. The lowest BCUT2D eigenvalue weighted by molar-refractivity contribution is 0.0988. The Hall–Kier alpha value is -2.01. The maximum Gasteiger partial charge on any atom is 0.190 e. The van der Waals surface area contributed by atoms with E-state index in [0.29, 0.717) is 22.6 Å². The third-order valence-corrected chi connectivity index (χ3v) is 6.35. The highest BCUT2D eigenvalue weighted by molar-refractivity contribution is 7.99. The number of ketones is 2. The van der Waals surface area contributed by atoms with Crippen molar-refractivity contribution in [2.75, 3.05) is 20.0 Å². The number of hydrogen-bond acceptors (Lipinski definition) is 5. The summed E-state index contributed by atoms with van der Waals surface area (Å²) in [4.78, 5) is 25.1. The Labute approximate surface area is 178 Å². The second-order valence-electron chi connectivity index (χ2n) is 7.45. The average molecular weight is 417 g/mol. The van der Waals surface area contributed by atoms with Gasteiger partial charge in [0.1, 0.15) is 11.5 Å². The number of benzene rings is 1. The van der Waals surface area contributed by atoms with Crippen LogP contribution in [0.25, 0.3) is 0 Å². The van der Waals surface area contributed by atoms with Crippen molar-refractivity contribution in [1.29, 1.82) is 0 Å². The average Bonchev–Trinajstić information content (AvgIpc) is 2.71. The van der Waals surface area contributed by atoms with Gasteiger partial charge in [0.15, 0.2) is 11.6 Å². The van der Waals surface area contributed by atoms with Gasteiger partial charge in [-0.15, -0.1) is 0 Å². The highest BCUT2D eigenvalue weighted by atomic mass is 32.2. The van der Waals surface area contributed by atoms with Crippen molar-refractivity contribution >= 4 is 23.3 Å². The first-order valence-corrected chi connectivity index (χ1v) is 11.3. The Kier molecular flexibility index (Phi) is 9.02. The fourth-order valence-corrected chi connectivity index (χ4v) is 4.70. The zero-order valence-electron chi connectivity index (χ0n) is 18.2. The number of carbonyl (C=O) groups is 2. The van der Waals surface area contributed by atoms with Crippen LogP contribution in [0.1, 0.15) is 84.4 Å². The number of allylic oxidation sites excluding steroid dienone is 4. The first-order valence-electron chi connectivity index (χ1n) is 10.2. The summed E-state index contributed by atoms with van der Waals surface area (Å²) in [5.41, 5.74) is 2.79. The highest BCUT2D eigenvalue weighted by Crippen LogP contribution is 2.45. The van der Waals surface area contributed by atoms with Gasteiger partial charge >= 0.3 is 0 Å². The molecule has 29 heavy (non-hydrogen) atoms. The van der Waals surface area contributed by atoms with Gasteiger partial charge < -0.3 is 9.47 Å². The third-order valence-electron chi connectivity index (χ3n) is 4.98. The molecule has 0 radical (unpaired) electrons. The zero-order chi connectivity index (χ0) is 21.4. The number of unbranched alkanes of at least 4 members (excludes halogenated alkanes) is 3. The summed E-state index contributed by atoms with van der Waals surface area (Å²) in [7, 11) is 3.09. The van der Waals surface area contributed by atoms with Crippen LogP contribution in [0, 0.1) is 0 Å². The van der Waals surface area contributed by atoms with Crippen LogP contribution in [-0.4, -0.2) is 31.5 Å². The van der Waals surface area contributed by atoms with Gasteiger partial charge in [0.25, 0.3) is 0 Å². The quantitative estimate of drug-likeness (QED) is 0.311. The molecule has 0 aromatic heterocycles. The molecule has 1 aromatic rings. The van der Waals surface area contributed by atoms with Crippen molar-refractivity contribution in [3.8, 4) is 11.5 Å². The predicted octanol–water partition coefficient (Wildman–Crippen LogP) is 6.35. The first-order chi connectivity index (χ1) is 13.9. The smallest absolute Gasteiger partial charge is 0.190 e. The van der Waals surface area contributed by atoms with Crippen LogP contribution in [0.15, 0.2) is 29.9 Å². The molecule has 0 saturated carbocycles. The Bertz CT molecular complexity index is 804. The van der Waals surface area contributed by atoms with E-state index in [1.54, 1.807) is 7.11 Å². The van der Waals surface area contributed by atoms with Gasteiger partial charge in [0.2, 0.25) is 0 Å². The molecule has 1 aromatic carbocycles. The van der Waals surface area contributed by atoms with Crippen LogP contribution in [0.5, 0.6) is 11.5 Å². The number of rotatable bonds is 11. The lowest BCUT2D eigenvalue weighted by atomic mass is 9.89. The van der Waals surface area contributed by atoms with Crippen LogP contribution >= 0.6 is 11.8 Å². The van der Waals surface area contributed by atoms with Crippen LogP contribution in [0.3, 0.4) is 0 Å². The molecule has 0 fully saturated rings. The van der Waals surface area contributed by atoms with E-state index < -0.39 is 0 Å². The van der Waals surface area contributed by atoms with Gasteiger partial charge in [-0.1, -0.05) is 37.8 Å². The largest absolute Gasteiger partial charge is 0.496 e. The molecular weight excluding hydrogens is 384 g/mol.